The zero-order chi connectivity index (χ0) is 16.2. The average molecular weight is 301 g/mol. The van der Waals surface area contributed by atoms with Crippen molar-refractivity contribution in [1.29, 1.82) is 0 Å². The molecule has 22 heavy (non-hydrogen) atoms. The van der Waals surface area contributed by atoms with E-state index in [-0.39, 0.29) is 11.5 Å². The zero-order valence-electron chi connectivity index (χ0n) is 14.1. The van der Waals surface area contributed by atoms with Crippen LogP contribution in [0.15, 0.2) is 29.8 Å². The number of esters is 1. The Morgan fingerprint density at radius 3 is 2.50 bits per heavy atom. The minimum atomic E-state index is -0.284. The van der Waals surface area contributed by atoms with Gasteiger partial charge >= 0.3 is 5.97 Å². The molecule has 1 aliphatic rings. The van der Waals surface area contributed by atoms with Crippen LogP contribution in [-0.4, -0.2) is 17.6 Å². The molecule has 1 aromatic carbocycles. The van der Waals surface area contributed by atoms with E-state index >= 15 is 0 Å². The molecule has 1 fully saturated rings. The third-order valence-corrected chi connectivity index (χ3v) is 3.76. The number of carbonyl (C=O) groups excluding carboxylic acids is 1. The van der Waals surface area contributed by atoms with Crippen LogP contribution in [0.5, 0.6) is 5.75 Å². The fourth-order valence-corrected chi connectivity index (χ4v) is 2.91. The lowest BCUT2D eigenvalue weighted by Crippen LogP contribution is -2.45. The Bertz CT molecular complexity index is 538. The number of hydrogen-bond acceptors (Lipinski definition) is 3. The van der Waals surface area contributed by atoms with Crippen molar-refractivity contribution in [3.05, 3.63) is 35.4 Å². The van der Waals surface area contributed by atoms with Crippen LogP contribution < -0.4 is 10.1 Å². The Kier molecular flexibility index (Phi) is 5.41. The molecule has 0 radical (unpaired) electrons. The second kappa shape index (κ2) is 7.10. The van der Waals surface area contributed by atoms with Gasteiger partial charge in [0.1, 0.15) is 5.75 Å². The molecule has 0 amide bonds. The Balaban J connectivity index is 2.12. The SMILES string of the molecule is CC(=O)Oc1ccc(/C=C2\CCCCC2NC(C)(C)C)cc1. The molecule has 0 spiro atoms. The first kappa shape index (κ1) is 16.8. The predicted molar refractivity (Wildman–Crippen MR) is 90.9 cm³/mol. The average Bonchev–Trinajstić information content (AvgIpc) is 2.41. The van der Waals surface area contributed by atoms with Crippen LogP contribution in [0.4, 0.5) is 0 Å². The molecule has 3 nitrogen and oxygen atoms in total. The van der Waals surface area contributed by atoms with Crippen molar-refractivity contribution >= 4 is 12.0 Å². The van der Waals surface area contributed by atoms with Crippen LogP contribution in [0.3, 0.4) is 0 Å². The van der Waals surface area contributed by atoms with Gasteiger partial charge < -0.3 is 10.1 Å². The monoisotopic (exact) mass is 301 g/mol. The van der Waals surface area contributed by atoms with Crippen molar-refractivity contribution in [2.45, 2.75) is 65.0 Å². The van der Waals surface area contributed by atoms with Gasteiger partial charge in [0.25, 0.3) is 0 Å². The summed E-state index contributed by atoms with van der Waals surface area (Å²) in [4.78, 5) is 10.9. The Morgan fingerprint density at radius 2 is 1.91 bits per heavy atom. The number of nitrogens with one attached hydrogen (secondary N) is 1. The minimum absolute atomic E-state index is 0.125. The second-order valence-electron chi connectivity index (χ2n) is 7.07. The van der Waals surface area contributed by atoms with Crippen LogP contribution in [0.25, 0.3) is 6.08 Å². The van der Waals surface area contributed by atoms with E-state index in [1.807, 2.05) is 24.3 Å². The second-order valence-corrected chi connectivity index (χ2v) is 7.07. The van der Waals surface area contributed by atoms with E-state index in [2.05, 4.69) is 32.2 Å². The highest BCUT2D eigenvalue weighted by Gasteiger charge is 2.23. The molecule has 120 valence electrons. The van der Waals surface area contributed by atoms with Gasteiger partial charge in [-0.05, 0) is 57.7 Å². The fourth-order valence-electron chi connectivity index (χ4n) is 2.91. The summed E-state index contributed by atoms with van der Waals surface area (Å²) in [6, 6.07) is 8.18. The van der Waals surface area contributed by atoms with E-state index in [0.29, 0.717) is 11.8 Å². The first-order valence-electron chi connectivity index (χ1n) is 8.10. The third kappa shape index (κ3) is 5.30. The maximum atomic E-state index is 10.9. The summed E-state index contributed by atoms with van der Waals surface area (Å²) in [7, 11) is 0. The molecular weight excluding hydrogens is 274 g/mol. The normalized spacial score (nSPS) is 20.9. The quantitative estimate of drug-likeness (QED) is 0.667. The smallest absolute Gasteiger partial charge is 0.308 e. The van der Waals surface area contributed by atoms with Crippen LogP contribution in [0, 0.1) is 0 Å². The number of carbonyl (C=O) groups is 1. The van der Waals surface area contributed by atoms with E-state index in [9.17, 15) is 4.79 Å². The molecule has 1 saturated carbocycles. The summed E-state index contributed by atoms with van der Waals surface area (Å²) < 4.78 is 5.07. The summed E-state index contributed by atoms with van der Waals surface area (Å²) in [6.45, 7) is 8.06. The topological polar surface area (TPSA) is 38.3 Å². The highest BCUT2D eigenvalue weighted by atomic mass is 16.5. The summed E-state index contributed by atoms with van der Waals surface area (Å²) in [5.74, 6) is 0.315. The van der Waals surface area contributed by atoms with Gasteiger partial charge in [-0.3, -0.25) is 4.79 Å². The molecule has 0 saturated heterocycles. The van der Waals surface area contributed by atoms with Crippen molar-refractivity contribution in [3.8, 4) is 5.75 Å². The van der Waals surface area contributed by atoms with Gasteiger partial charge in [-0.25, -0.2) is 0 Å². The third-order valence-electron chi connectivity index (χ3n) is 3.76. The van der Waals surface area contributed by atoms with Gasteiger partial charge in [-0.1, -0.05) is 30.2 Å². The van der Waals surface area contributed by atoms with E-state index in [0.717, 1.165) is 12.0 Å². The van der Waals surface area contributed by atoms with Gasteiger partial charge in [0.2, 0.25) is 0 Å². The molecule has 1 N–H and O–H groups in total. The summed E-state index contributed by atoms with van der Waals surface area (Å²) in [5.41, 5.74) is 2.76. The number of ether oxygens (including phenoxy) is 1. The Hall–Kier alpha value is -1.61. The first-order valence-corrected chi connectivity index (χ1v) is 8.10. The lowest BCUT2D eigenvalue weighted by molar-refractivity contribution is -0.131. The molecule has 2 rings (SSSR count). The summed E-state index contributed by atoms with van der Waals surface area (Å²) in [6.07, 6.45) is 7.18. The first-order chi connectivity index (χ1) is 10.3. The van der Waals surface area contributed by atoms with Crippen molar-refractivity contribution in [3.63, 3.8) is 0 Å². The van der Waals surface area contributed by atoms with Crippen LogP contribution >= 0.6 is 0 Å². The molecule has 1 unspecified atom stereocenters. The lowest BCUT2D eigenvalue weighted by atomic mass is 9.87. The van der Waals surface area contributed by atoms with E-state index in [4.69, 9.17) is 4.74 Å². The van der Waals surface area contributed by atoms with Crippen molar-refractivity contribution in [2.75, 3.05) is 0 Å². The van der Waals surface area contributed by atoms with Gasteiger partial charge in [0.05, 0.1) is 0 Å². The molecule has 1 aromatic rings. The van der Waals surface area contributed by atoms with E-state index < -0.39 is 0 Å². The maximum absolute atomic E-state index is 10.9. The molecule has 3 heteroatoms. The fraction of sp³-hybridized carbons (Fsp3) is 0.526. The van der Waals surface area contributed by atoms with Crippen LogP contribution in [0.1, 0.15) is 58.9 Å². The van der Waals surface area contributed by atoms with Crippen molar-refractivity contribution in [1.82, 2.24) is 5.32 Å². The van der Waals surface area contributed by atoms with Crippen LogP contribution in [0.2, 0.25) is 0 Å². The van der Waals surface area contributed by atoms with Gasteiger partial charge in [-0.15, -0.1) is 0 Å². The van der Waals surface area contributed by atoms with Gasteiger partial charge in [0.15, 0.2) is 0 Å². The largest absolute Gasteiger partial charge is 0.427 e. The summed E-state index contributed by atoms with van der Waals surface area (Å²) in [5, 5.41) is 3.73. The maximum Gasteiger partial charge on any atom is 0.308 e. The molecule has 0 aliphatic heterocycles. The molecular formula is C19H27NO2. The molecule has 1 aliphatic carbocycles. The predicted octanol–water partition coefficient (Wildman–Crippen LogP) is 4.33. The Labute approximate surface area is 133 Å². The van der Waals surface area contributed by atoms with E-state index in [1.165, 1.54) is 31.8 Å². The minimum Gasteiger partial charge on any atom is -0.427 e. The highest BCUT2D eigenvalue weighted by Crippen LogP contribution is 2.27. The molecule has 0 heterocycles. The highest BCUT2D eigenvalue weighted by molar-refractivity contribution is 5.69. The lowest BCUT2D eigenvalue weighted by Gasteiger charge is -2.33. The number of hydrogen-bond donors (Lipinski definition) is 1. The number of benzene rings is 1. The van der Waals surface area contributed by atoms with E-state index in [1.54, 1.807) is 0 Å². The Morgan fingerprint density at radius 1 is 1.23 bits per heavy atom. The molecule has 0 aromatic heterocycles. The number of rotatable bonds is 3. The van der Waals surface area contributed by atoms with Gasteiger partial charge in [0, 0.05) is 18.5 Å². The molecule has 1 atom stereocenters. The van der Waals surface area contributed by atoms with Crippen molar-refractivity contribution < 1.29 is 9.53 Å². The van der Waals surface area contributed by atoms with Gasteiger partial charge in [-0.2, -0.15) is 0 Å². The molecule has 0 bridgehead atoms. The summed E-state index contributed by atoms with van der Waals surface area (Å²) >= 11 is 0. The van der Waals surface area contributed by atoms with Crippen LogP contribution in [-0.2, 0) is 4.79 Å². The zero-order valence-corrected chi connectivity index (χ0v) is 14.1. The van der Waals surface area contributed by atoms with Crippen molar-refractivity contribution in [2.24, 2.45) is 0 Å². The standard InChI is InChI=1S/C19H27NO2/c1-14(21)22-17-11-9-15(10-12-17)13-16-7-5-6-8-18(16)20-19(2,3)4/h9-13,18,20H,5-8H2,1-4H3/b16-13+.